The van der Waals surface area contributed by atoms with Crippen molar-refractivity contribution in [2.45, 2.75) is 148 Å². The van der Waals surface area contributed by atoms with Crippen LogP contribution in [-0.4, -0.2) is 30.3 Å². The van der Waals surface area contributed by atoms with E-state index < -0.39 is 23.7 Å². The molecule has 0 saturated heterocycles. The molecule has 1 amide bonds. The van der Waals surface area contributed by atoms with Crippen molar-refractivity contribution < 1.29 is 19.1 Å². The summed E-state index contributed by atoms with van der Waals surface area (Å²) in [6.45, 7) is 8.06. The fraction of sp³-hybridized carbons (Fsp3) is 0.750. The minimum absolute atomic E-state index is 0.373. The number of unbranched alkanes of at least 4 members (excludes halogenated alkanes) is 15. The van der Waals surface area contributed by atoms with Gasteiger partial charge in [-0.3, -0.25) is 0 Å². The van der Waals surface area contributed by atoms with Crippen molar-refractivity contribution >= 4 is 12.1 Å². The van der Waals surface area contributed by atoms with Crippen molar-refractivity contribution in [1.29, 1.82) is 0 Å². The Labute approximate surface area is 227 Å². The van der Waals surface area contributed by atoms with Gasteiger partial charge in [-0.05, 0) is 32.8 Å². The Hall–Kier alpha value is -2.04. The molecule has 1 N–H and O–H groups in total. The van der Waals surface area contributed by atoms with E-state index in [1.54, 1.807) is 20.8 Å². The second-order valence-electron chi connectivity index (χ2n) is 11.4. The van der Waals surface area contributed by atoms with Gasteiger partial charge in [-0.2, -0.15) is 0 Å². The van der Waals surface area contributed by atoms with Crippen LogP contribution in [0.3, 0.4) is 0 Å². The quantitative estimate of drug-likeness (QED) is 0.131. The van der Waals surface area contributed by atoms with Gasteiger partial charge in [-0.25, -0.2) is 9.59 Å². The number of hydrogen-bond acceptors (Lipinski definition) is 4. The highest BCUT2D eigenvalue weighted by molar-refractivity contribution is 5.81. The Morgan fingerprint density at radius 3 is 1.65 bits per heavy atom. The van der Waals surface area contributed by atoms with Crippen molar-refractivity contribution in [2.75, 3.05) is 6.61 Å². The number of nitrogens with one attached hydrogen (secondary N) is 1. The molecule has 1 aromatic carbocycles. The Morgan fingerprint density at radius 1 is 0.730 bits per heavy atom. The molecule has 0 fully saturated rings. The standard InChI is InChI=1S/C32H55NO4/c1-5-6-7-8-9-10-11-12-13-14-15-16-17-18-19-23-26-36-30(34)29(27-28-24-21-20-22-25-28)33-31(35)37-32(2,3)4/h20-22,24-25,29H,5-19,23,26-27H2,1-4H3,(H,33,35)/t29-/m0/s1. The summed E-state index contributed by atoms with van der Waals surface area (Å²) in [5, 5.41) is 2.69. The molecule has 37 heavy (non-hydrogen) atoms. The molecular formula is C32H55NO4. The summed E-state index contributed by atoms with van der Waals surface area (Å²) in [6.07, 6.45) is 20.7. The van der Waals surface area contributed by atoms with Gasteiger partial charge in [0.1, 0.15) is 11.6 Å². The third-order valence-corrected chi connectivity index (χ3v) is 6.50. The van der Waals surface area contributed by atoms with Crippen LogP contribution in [-0.2, 0) is 20.7 Å². The van der Waals surface area contributed by atoms with E-state index in [1.165, 1.54) is 89.9 Å². The van der Waals surface area contributed by atoms with Crippen molar-refractivity contribution in [3.63, 3.8) is 0 Å². The maximum absolute atomic E-state index is 12.7. The molecule has 0 saturated carbocycles. The zero-order valence-corrected chi connectivity index (χ0v) is 24.3. The molecular weight excluding hydrogens is 462 g/mol. The fourth-order valence-corrected chi connectivity index (χ4v) is 4.42. The van der Waals surface area contributed by atoms with Gasteiger partial charge < -0.3 is 14.8 Å². The number of ether oxygens (including phenoxy) is 2. The van der Waals surface area contributed by atoms with Gasteiger partial charge in [0.05, 0.1) is 6.61 Å². The average Bonchev–Trinajstić information content (AvgIpc) is 2.85. The number of carbonyl (C=O) groups is 2. The fourth-order valence-electron chi connectivity index (χ4n) is 4.42. The minimum atomic E-state index is -0.765. The number of amides is 1. The molecule has 212 valence electrons. The number of hydrogen-bond donors (Lipinski definition) is 1. The van der Waals surface area contributed by atoms with Crippen molar-refractivity contribution in [3.8, 4) is 0 Å². The summed E-state index contributed by atoms with van der Waals surface area (Å²) >= 11 is 0. The van der Waals surface area contributed by atoms with Gasteiger partial charge in [0.25, 0.3) is 0 Å². The van der Waals surface area contributed by atoms with Crippen LogP contribution in [0.15, 0.2) is 30.3 Å². The Balaban J connectivity index is 2.12. The molecule has 0 aliphatic rings. The molecule has 0 bridgehead atoms. The zero-order chi connectivity index (χ0) is 27.2. The van der Waals surface area contributed by atoms with E-state index in [0.717, 1.165) is 18.4 Å². The summed E-state index contributed by atoms with van der Waals surface area (Å²) < 4.78 is 10.9. The van der Waals surface area contributed by atoms with E-state index in [9.17, 15) is 9.59 Å². The monoisotopic (exact) mass is 517 g/mol. The maximum atomic E-state index is 12.7. The molecule has 0 spiro atoms. The molecule has 0 aliphatic heterocycles. The lowest BCUT2D eigenvalue weighted by Gasteiger charge is -2.23. The molecule has 1 aromatic rings. The van der Waals surface area contributed by atoms with Crippen LogP contribution < -0.4 is 5.32 Å². The van der Waals surface area contributed by atoms with E-state index in [-0.39, 0.29) is 0 Å². The summed E-state index contributed by atoms with van der Waals surface area (Å²) in [4.78, 5) is 25.0. The molecule has 0 unspecified atom stereocenters. The number of benzene rings is 1. The van der Waals surface area contributed by atoms with Crippen LogP contribution in [0, 0.1) is 0 Å². The first-order valence-electron chi connectivity index (χ1n) is 15.0. The zero-order valence-electron chi connectivity index (χ0n) is 24.3. The van der Waals surface area contributed by atoms with E-state index in [2.05, 4.69) is 12.2 Å². The van der Waals surface area contributed by atoms with Gasteiger partial charge in [0, 0.05) is 6.42 Å². The number of alkyl carbamates (subject to hydrolysis) is 1. The molecule has 5 heteroatoms. The molecule has 0 aromatic heterocycles. The highest BCUT2D eigenvalue weighted by atomic mass is 16.6. The summed E-state index contributed by atoms with van der Waals surface area (Å²) in [6, 6.07) is 8.87. The minimum Gasteiger partial charge on any atom is -0.464 e. The molecule has 0 radical (unpaired) electrons. The summed E-state index contributed by atoms with van der Waals surface area (Å²) in [7, 11) is 0. The highest BCUT2D eigenvalue weighted by Gasteiger charge is 2.25. The molecule has 0 heterocycles. The number of rotatable bonds is 21. The average molecular weight is 518 g/mol. The van der Waals surface area contributed by atoms with Crippen LogP contribution in [0.1, 0.15) is 136 Å². The molecule has 1 atom stereocenters. The predicted molar refractivity (Wildman–Crippen MR) is 154 cm³/mol. The van der Waals surface area contributed by atoms with Crippen molar-refractivity contribution in [2.24, 2.45) is 0 Å². The van der Waals surface area contributed by atoms with Gasteiger partial charge in [-0.15, -0.1) is 0 Å². The second-order valence-corrected chi connectivity index (χ2v) is 11.4. The molecule has 5 nitrogen and oxygen atoms in total. The van der Waals surface area contributed by atoms with Crippen molar-refractivity contribution in [3.05, 3.63) is 35.9 Å². The largest absolute Gasteiger partial charge is 0.464 e. The Kier molecular flexibility index (Phi) is 18.7. The second kappa shape index (κ2) is 21.0. The lowest BCUT2D eigenvalue weighted by molar-refractivity contribution is -0.146. The van der Waals surface area contributed by atoms with E-state index in [1.807, 2.05) is 30.3 Å². The highest BCUT2D eigenvalue weighted by Crippen LogP contribution is 2.14. The summed E-state index contributed by atoms with van der Waals surface area (Å²) in [5.74, 6) is -0.407. The smallest absolute Gasteiger partial charge is 0.408 e. The van der Waals surface area contributed by atoms with Crippen LogP contribution >= 0.6 is 0 Å². The number of carbonyl (C=O) groups excluding carboxylic acids is 2. The van der Waals surface area contributed by atoms with Gasteiger partial charge in [-0.1, -0.05) is 134 Å². The lowest BCUT2D eigenvalue weighted by Crippen LogP contribution is -2.45. The van der Waals surface area contributed by atoms with Crippen LogP contribution in [0.25, 0.3) is 0 Å². The Bertz CT molecular complexity index is 698. The predicted octanol–water partition coefficient (Wildman–Crippen LogP) is 8.93. The normalized spacial score (nSPS) is 12.2. The lowest BCUT2D eigenvalue weighted by atomic mass is 10.0. The Morgan fingerprint density at radius 2 is 1.19 bits per heavy atom. The topological polar surface area (TPSA) is 64.6 Å². The van der Waals surface area contributed by atoms with E-state index >= 15 is 0 Å². The molecule has 1 rings (SSSR count). The van der Waals surface area contributed by atoms with Gasteiger partial charge >= 0.3 is 12.1 Å². The first kappa shape index (κ1) is 33.0. The summed E-state index contributed by atoms with van der Waals surface area (Å²) in [5.41, 5.74) is 0.335. The van der Waals surface area contributed by atoms with Gasteiger partial charge in [0.15, 0.2) is 0 Å². The number of esters is 1. The van der Waals surface area contributed by atoms with E-state index in [0.29, 0.717) is 13.0 Å². The van der Waals surface area contributed by atoms with Crippen LogP contribution in [0.2, 0.25) is 0 Å². The SMILES string of the molecule is CCCCCCCCCCCCCCCCCCOC(=O)[C@H](Cc1ccccc1)NC(=O)OC(C)(C)C. The first-order valence-corrected chi connectivity index (χ1v) is 15.0. The molecule has 0 aliphatic carbocycles. The van der Waals surface area contributed by atoms with E-state index in [4.69, 9.17) is 9.47 Å². The van der Waals surface area contributed by atoms with Gasteiger partial charge in [0.2, 0.25) is 0 Å². The first-order chi connectivity index (χ1) is 17.8. The van der Waals surface area contributed by atoms with Crippen LogP contribution in [0.5, 0.6) is 0 Å². The van der Waals surface area contributed by atoms with Crippen LogP contribution in [0.4, 0.5) is 4.79 Å². The third-order valence-electron chi connectivity index (χ3n) is 6.50. The third kappa shape index (κ3) is 19.7. The maximum Gasteiger partial charge on any atom is 0.408 e. The van der Waals surface area contributed by atoms with Crippen molar-refractivity contribution in [1.82, 2.24) is 5.32 Å².